The van der Waals surface area contributed by atoms with E-state index in [1.165, 1.54) is 16.7 Å². The Morgan fingerprint density at radius 3 is 2.11 bits per heavy atom. The Balaban J connectivity index is 1.89. The summed E-state index contributed by atoms with van der Waals surface area (Å²) in [5.41, 5.74) is 3.56. The molecule has 19 heavy (non-hydrogen) atoms. The summed E-state index contributed by atoms with van der Waals surface area (Å²) in [6, 6.07) is 21.8. The lowest BCUT2D eigenvalue weighted by atomic mass is 9.99. The van der Waals surface area contributed by atoms with Crippen LogP contribution < -0.4 is 0 Å². The Bertz CT molecular complexity index is 636. The van der Waals surface area contributed by atoms with Crippen molar-refractivity contribution in [3.8, 4) is 0 Å². The normalized spacial score (nSPS) is 14.4. The number of nitrogens with zero attached hydrogens (tertiary/aromatic N) is 1. The number of hydrogen-bond donors (Lipinski definition) is 0. The van der Waals surface area contributed by atoms with Gasteiger partial charge in [-0.15, -0.1) is 12.1 Å². The first-order valence-corrected chi connectivity index (χ1v) is 6.32. The molecule has 1 heterocycles. The van der Waals surface area contributed by atoms with E-state index in [-0.39, 0.29) is 0 Å². The fraction of sp³-hybridized carbons (Fsp3) is 0. The van der Waals surface area contributed by atoms with Crippen LogP contribution in [-0.2, 0) is 0 Å². The van der Waals surface area contributed by atoms with E-state index in [1.54, 1.807) is 0 Å². The van der Waals surface area contributed by atoms with Crippen molar-refractivity contribution in [3.63, 3.8) is 0 Å². The zero-order valence-electron chi connectivity index (χ0n) is 10.7. The Kier molecular flexibility index (Phi) is 3.03. The van der Waals surface area contributed by atoms with Gasteiger partial charge in [0.15, 0.2) is 0 Å². The highest BCUT2D eigenvalue weighted by atomic mass is 15.0. The molecule has 0 fully saturated rings. The summed E-state index contributed by atoms with van der Waals surface area (Å²) in [5.74, 6) is 0. The van der Waals surface area contributed by atoms with Crippen LogP contribution in [-0.4, -0.2) is 11.3 Å². The lowest BCUT2D eigenvalue weighted by Crippen LogP contribution is -2.14. The van der Waals surface area contributed by atoms with E-state index >= 15 is 0 Å². The molecule has 1 aliphatic rings. The van der Waals surface area contributed by atoms with Crippen molar-refractivity contribution in [2.75, 3.05) is 0 Å². The quantitative estimate of drug-likeness (QED) is 0.558. The summed E-state index contributed by atoms with van der Waals surface area (Å²) >= 11 is 0. The number of rotatable bonds is 2. The van der Waals surface area contributed by atoms with Gasteiger partial charge in [0, 0.05) is 0 Å². The molecule has 0 saturated heterocycles. The van der Waals surface area contributed by atoms with Crippen molar-refractivity contribution >= 4 is 12.3 Å². The molecule has 1 aliphatic heterocycles. The Morgan fingerprint density at radius 2 is 1.47 bits per heavy atom. The standard InChI is InChI=1S/C18H15N/c1-19-14-17(15-8-4-2-5-9-15)12-13-18(19)16-10-6-3-7-11-16/h2-14H,1H2. The van der Waals surface area contributed by atoms with Crippen LogP contribution in [0.5, 0.6) is 0 Å². The van der Waals surface area contributed by atoms with E-state index in [0.29, 0.717) is 0 Å². The SMILES string of the molecule is C=[N+]1C=C(c2ccccc2)C=C[C-]1c1ccccc1. The third kappa shape index (κ3) is 2.36. The van der Waals surface area contributed by atoms with Crippen LogP contribution in [0, 0.1) is 6.04 Å². The highest BCUT2D eigenvalue weighted by Crippen LogP contribution is 2.26. The molecule has 0 amide bonds. The topological polar surface area (TPSA) is 3.01 Å². The number of hydrogen-bond acceptors (Lipinski definition) is 0. The lowest BCUT2D eigenvalue weighted by Gasteiger charge is -2.19. The Hall–Kier alpha value is -2.54. The van der Waals surface area contributed by atoms with Gasteiger partial charge in [0.05, 0.1) is 6.72 Å². The van der Waals surface area contributed by atoms with Gasteiger partial charge in [-0.05, 0) is 22.8 Å². The second kappa shape index (κ2) is 4.99. The van der Waals surface area contributed by atoms with Crippen molar-refractivity contribution < 1.29 is 4.58 Å². The molecular weight excluding hydrogens is 230 g/mol. The average Bonchev–Trinajstić information content (AvgIpc) is 2.49. The monoisotopic (exact) mass is 245 g/mol. The molecule has 0 spiro atoms. The predicted molar refractivity (Wildman–Crippen MR) is 79.7 cm³/mol. The second-order valence-corrected chi connectivity index (χ2v) is 4.50. The highest BCUT2D eigenvalue weighted by Gasteiger charge is 2.16. The molecule has 0 atom stereocenters. The fourth-order valence-corrected chi connectivity index (χ4v) is 2.22. The minimum Gasteiger partial charge on any atom is -0.254 e. The molecule has 1 nitrogen and oxygen atoms in total. The third-order valence-corrected chi connectivity index (χ3v) is 3.20. The first kappa shape index (κ1) is 11.5. The van der Waals surface area contributed by atoms with Crippen molar-refractivity contribution in [1.82, 2.24) is 0 Å². The van der Waals surface area contributed by atoms with Crippen LogP contribution in [0.3, 0.4) is 0 Å². The van der Waals surface area contributed by atoms with Crippen LogP contribution in [0.2, 0.25) is 0 Å². The lowest BCUT2D eigenvalue weighted by molar-refractivity contribution is -0.416. The summed E-state index contributed by atoms with van der Waals surface area (Å²) in [4.78, 5) is 0. The molecule has 92 valence electrons. The van der Waals surface area contributed by atoms with E-state index in [4.69, 9.17) is 0 Å². The molecule has 2 aromatic carbocycles. The van der Waals surface area contributed by atoms with Crippen LogP contribution in [0.25, 0.3) is 5.57 Å². The van der Waals surface area contributed by atoms with Crippen LogP contribution in [0.15, 0.2) is 79.0 Å². The maximum absolute atomic E-state index is 4.10. The van der Waals surface area contributed by atoms with Gasteiger partial charge < -0.3 is 0 Å². The third-order valence-electron chi connectivity index (χ3n) is 3.20. The highest BCUT2D eigenvalue weighted by molar-refractivity contribution is 5.74. The van der Waals surface area contributed by atoms with E-state index in [0.717, 1.165) is 6.04 Å². The summed E-state index contributed by atoms with van der Waals surface area (Å²) < 4.78 is 1.93. The zero-order valence-corrected chi connectivity index (χ0v) is 10.7. The van der Waals surface area contributed by atoms with Gasteiger partial charge in [-0.3, -0.25) is 4.58 Å². The van der Waals surface area contributed by atoms with Gasteiger partial charge in [-0.1, -0.05) is 54.6 Å². The molecule has 0 saturated carbocycles. The van der Waals surface area contributed by atoms with E-state index in [2.05, 4.69) is 49.3 Å². The van der Waals surface area contributed by atoms with Gasteiger partial charge in [0.1, 0.15) is 12.2 Å². The number of allylic oxidation sites excluding steroid dienone is 2. The van der Waals surface area contributed by atoms with E-state index in [1.807, 2.05) is 41.0 Å². The largest absolute Gasteiger partial charge is 0.254 e. The summed E-state index contributed by atoms with van der Waals surface area (Å²) in [5, 5.41) is 0. The summed E-state index contributed by atoms with van der Waals surface area (Å²) in [6.07, 6.45) is 6.32. The van der Waals surface area contributed by atoms with Gasteiger partial charge in [-0.25, -0.2) is 0 Å². The number of benzene rings is 2. The molecule has 2 aromatic rings. The zero-order chi connectivity index (χ0) is 13.1. The summed E-state index contributed by atoms with van der Waals surface area (Å²) in [6.45, 7) is 4.10. The molecule has 0 unspecified atom stereocenters. The predicted octanol–water partition coefficient (Wildman–Crippen LogP) is 3.89. The maximum atomic E-state index is 4.10. The van der Waals surface area contributed by atoms with Crippen molar-refractivity contribution in [2.45, 2.75) is 0 Å². The van der Waals surface area contributed by atoms with Crippen molar-refractivity contribution in [3.05, 3.63) is 96.2 Å². The Labute approximate surface area is 113 Å². The molecule has 1 heteroatoms. The second-order valence-electron chi connectivity index (χ2n) is 4.50. The van der Waals surface area contributed by atoms with Gasteiger partial charge in [-0.2, -0.15) is 0 Å². The molecular formula is C18H15N. The minimum absolute atomic E-state index is 1.11. The van der Waals surface area contributed by atoms with E-state index in [9.17, 15) is 0 Å². The van der Waals surface area contributed by atoms with Gasteiger partial charge in [0.25, 0.3) is 0 Å². The molecule has 0 aliphatic carbocycles. The maximum Gasteiger partial charge on any atom is 0.147 e. The minimum atomic E-state index is 1.11. The molecule has 0 radical (unpaired) electrons. The smallest absolute Gasteiger partial charge is 0.147 e. The first-order chi connectivity index (χ1) is 9.34. The van der Waals surface area contributed by atoms with Gasteiger partial charge >= 0.3 is 0 Å². The fourth-order valence-electron chi connectivity index (χ4n) is 2.22. The van der Waals surface area contributed by atoms with Gasteiger partial charge in [0.2, 0.25) is 0 Å². The molecule has 0 bridgehead atoms. The Morgan fingerprint density at radius 1 is 0.842 bits per heavy atom. The average molecular weight is 245 g/mol. The molecule has 0 N–H and O–H groups in total. The van der Waals surface area contributed by atoms with E-state index < -0.39 is 0 Å². The van der Waals surface area contributed by atoms with Crippen LogP contribution in [0.4, 0.5) is 0 Å². The van der Waals surface area contributed by atoms with Crippen molar-refractivity contribution in [1.29, 1.82) is 0 Å². The van der Waals surface area contributed by atoms with Crippen LogP contribution >= 0.6 is 0 Å². The summed E-state index contributed by atoms with van der Waals surface area (Å²) in [7, 11) is 0. The van der Waals surface area contributed by atoms with Crippen LogP contribution in [0.1, 0.15) is 11.1 Å². The van der Waals surface area contributed by atoms with Crippen molar-refractivity contribution in [2.24, 2.45) is 0 Å². The molecule has 0 aromatic heterocycles. The molecule has 3 rings (SSSR count). The first-order valence-electron chi connectivity index (χ1n) is 6.32.